The highest BCUT2D eigenvalue weighted by atomic mass is 19.4. The second-order valence-corrected chi connectivity index (χ2v) is 7.00. The number of nitrogens with one attached hydrogen (secondary N) is 1. The Morgan fingerprint density at radius 3 is 2.60 bits per heavy atom. The van der Waals surface area contributed by atoms with Gasteiger partial charge in [-0.05, 0) is 52.0 Å². The first-order valence-electron chi connectivity index (χ1n) is 9.63. The van der Waals surface area contributed by atoms with Gasteiger partial charge in [0, 0.05) is 28.8 Å². The normalized spacial score (nSPS) is 13.5. The Morgan fingerprint density at radius 2 is 2.00 bits per heavy atom. The van der Waals surface area contributed by atoms with Gasteiger partial charge >= 0.3 is 6.18 Å². The first-order chi connectivity index (χ1) is 14.2. The lowest BCUT2D eigenvalue weighted by Gasteiger charge is -2.15. The maximum atomic E-state index is 13.1. The standard InChI is InChI=1S/C22H23F3N4O/c1-5-18(22(23,24)25)20-10-7-15-11-16(8-9-19(15)28-20)21(30)27-13(3)17-12-26-29(6-2)14(17)4/h5,7-13H,6H2,1-4H3,(H,27,30)/b18-5-. The van der Waals surface area contributed by atoms with E-state index in [9.17, 15) is 18.0 Å². The molecule has 2 heterocycles. The molecule has 0 aliphatic heterocycles. The molecule has 0 spiro atoms. The molecule has 1 aromatic carbocycles. The van der Waals surface area contributed by atoms with Gasteiger partial charge in [-0.3, -0.25) is 9.48 Å². The molecule has 1 N–H and O–H groups in total. The van der Waals surface area contributed by atoms with Crippen molar-refractivity contribution in [3.63, 3.8) is 0 Å². The molecule has 30 heavy (non-hydrogen) atoms. The van der Waals surface area contributed by atoms with E-state index in [0.717, 1.165) is 23.9 Å². The minimum absolute atomic E-state index is 0.147. The summed E-state index contributed by atoms with van der Waals surface area (Å²) in [7, 11) is 0. The molecule has 0 fully saturated rings. The summed E-state index contributed by atoms with van der Waals surface area (Å²) in [6.45, 7) is 7.90. The van der Waals surface area contributed by atoms with Crippen LogP contribution in [-0.2, 0) is 6.54 Å². The number of allylic oxidation sites excluding steroid dienone is 2. The van der Waals surface area contributed by atoms with Crippen molar-refractivity contribution in [2.45, 2.75) is 46.5 Å². The maximum Gasteiger partial charge on any atom is 0.418 e. The number of carbonyl (C=O) groups excluding carboxylic acids is 1. The van der Waals surface area contributed by atoms with E-state index in [4.69, 9.17) is 0 Å². The highest BCUT2D eigenvalue weighted by Gasteiger charge is 2.34. The molecule has 1 unspecified atom stereocenters. The Kier molecular flexibility index (Phi) is 5.96. The van der Waals surface area contributed by atoms with Crippen molar-refractivity contribution in [2.24, 2.45) is 0 Å². The summed E-state index contributed by atoms with van der Waals surface area (Å²) in [5, 5.41) is 7.83. The van der Waals surface area contributed by atoms with Crippen LogP contribution in [0.3, 0.4) is 0 Å². The molecule has 158 valence electrons. The molecule has 0 saturated carbocycles. The molecule has 5 nitrogen and oxygen atoms in total. The zero-order valence-electron chi connectivity index (χ0n) is 17.2. The average Bonchev–Trinajstić information content (AvgIpc) is 3.07. The van der Waals surface area contributed by atoms with Gasteiger partial charge in [-0.25, -0.2) is 4.98 Å². The summed E-state index contributed by atoms with van der Waals surface area (Å²) in [5.74, 6) is -0.276. The molecule has 1 atom stereocenters. The first-order valence-corrected chi connectivity index (χ1v) is 9.63. The number of pyridine rings is 1. The largest absolute Gasteiger partial charge is 0.418 e. The monoisotopic (exact) mass is 416 g/mol. The van der Waals surface area contributed by atoms with Crippen molar-refractivity contribution < 1.29 is 18.0 Å². The zero-order valence-corrected chi connectivity index (χ0v) is 17.2. The van der Waals surface area contributed by atoms with Crippen LogP contribution in [0.25, 0.3) is 16.5 Å². The van der Waals surface area contributed by atoms with Gasteiger partial charge in [-0.15, -0.1) is 0 Å². The fraction of sp³-hybridized carbons (Fsp3) is 0.318. The molecular weight excluding hydrogens is 393 g/mol. The molecule has 3 aromatic rings. The molecule has 0 radical (unpaired) electrons. The lowest BCUT2D eigenvalue weighted by molar-refractivity contribution is -0.0692. The number of benzene rings is 1. The average molecular weight is 416 g/mol. The van der Waals surface area contributed by atoms with Crippen LogP contribution in [0, 0.1) is 6.92 Å². The van der Waals surface area contributed by atoms with Gasteiger partial charge < -0.3 is 5.32 Å². The van der Waals surface area contributed by atoms with E-state index in [1.807, 2.05) is 25.5 Å². The fourth-order valence-electron chi connectivity index (χ4n) is 3.44. The third-order valence-electron chi connectivity index (χ3n) is 5.08. The van der Waals surface area contributed by atoms with Crippen LogP contribution in [0.1, 0.15) is 54.1 Å². The number of amides is 1. The van der Waals surface area contributed by atoms with E-state index in [-0.39, 0.29) is 17.6 Å². The van der Waals surface area contributed by atoms with Crippen LogP contribution in [0.4, 0.5) is 13.2 Å². The Hall–Kier alpha value is -3.16. The number of fused-ring (bicyclic) bond motifs is 1. The molecule has 0 saturated heterocycles. The van der Waals surface area contributed by atoms with Crippen molar-refractivity contribution >= 4 is 22.4 Å². The third kappa shape index (κ3) is 4.22. The lowest BCUT2D eigenvalue weighted by Crippen LogP contribution is -2.27. The van der Waals surface area contributed by atoms with E-state index in [0.29, 0.717) is 16.5 Å². The third-order valence-corrected chi connectivity index (χ3v) is 5.08. The predicted molar refractivity (Wildman–Crippen MR) is 110 cm³/mol. The Labute approximate surface area is 172 Å². The predicted octanol–water partition coefficient (Wildman–Crippen LogP) is 5.22. The van der Waals surface area contributed by atoms with Crippen LogP contribution >= 0.6 is 0 Å². The van der Waals surface area contributed by atoms with E-state index in [1.54, 1.807) is 30.5 Å². The van der Waals surface area contributed by atoms with Crippen LogP contribution in [0.15, 0.2) is 42.6 Å². The van der Waals surface area contributed by atoms with Crippen molar-refractivity contribution in [1.82, 2.24) is 20.1 Å². The second kappa shape index (κ2) is 8.30. The number of nitrogens with zero attached hydrogens (tertiary/aromatic N) is 3. The summed E-state index contributed by atoms with van der Waals surface area (Å²) in [4.78, 5) is 16.8. The van der Waals surface area contributed by atoms with Crippen LogP contribution in [0.5, 0.6) is 0 Å². The van der Waals surface area contributed by atoms with Crippen molar-refractivity contribution in [2.75, 3.05) is 0 Å². The number of rotatable bonds is 5. The minimum Gasteiger partial charge on any atom is -0.345 e. The fourth-order valence-corrected chi connectivity index (χ4v) is 3.44. The Bertz CT molecular complexity index is 1120. The first kappa shape index (κ1) is 21.5. The lowest BCUT2D eigenvalue weighted by atomic mass is 10.1. The molecule has 3 rings (SSSR count). The van der Waals surface area contributed by atoms with Crippen LogP contribution in [-0.4, -0.2) is 26.8 Å². The highest BCUT2D eigenvalue weighted by Crippen LogP contribution is 2.33. The molecular formula is C22H23F3N4O. The highest BCUT2D eigenvalue weighted by molar-refractivity contribution is 5.98. The van der Waals surface area contributed by atoms with Gasteiger partial charge in [0.25, 0.3) is 5.91 Å². The summed E-state index contributed by atoms with van der Waals surface area (Å²) >= 11 is 0. The summed E-state index contributed by atoms with van der Waals surface area (Å²) in [6.07, 6.45) is -1.73. The maximum absolute atomic E-state index is 13.1. The number of aryl methyl sites for hydroxylation is 1. The topological polar surface area (TPSA) is 59.8 Å². The van der Waals surface area contributed by atoms with Gasteiger partial charge in [0.05, 0.1) is 29.0 Å². The van der Waals surface area contributed by atoms with E-state index in [1.165, 1.54) is 13.0 Å². The molecule has 1 amide bonds. The molecule has 0 bridgehead atoms. The molecule has 0 aliphatic rings. The Balaban J connectivity index is 1.83. The zero-order chi connectivity index (χ0) is 22.1. The van der Waals surface area contributed by atoms with Gasteiger partial charge in [0.15, 0.2) is 0 Å². The van der Waals surface area contributed by atoms with Crippen LogP contribution in [0.2, 0.25) is 0 Å². The minimum atomic E-state index is -4.48. The number of hydrogen-bond donors (Lipinski definition) is 1. The number of alkyl halides is 3. The number of aromatic nitrogens is 3. The number of halogens is 3. The smallest absolute Gasteiger partial charge is 0.345 e. The van der Waals surface area contributed by atoms with E-state index in [2.05, 4.69) is 15.4 Å². The summed E-state index contributed by atoms with van der Waals surface area (Å²) < 4.78 is 41.2. The van der Waals surface area contributed by atoms with Crippen molar-refractivity contribution in [1.29, 1.82) is 0 Å². The van der Waals surface area contributed by atoms with Gasteiger partial charge in [-0.1, -0.05) is 12.1 Å². The van der Waals surface area contributed by atoms with Crippen molar-refractivity contribution in [3.05, 3.63) is 65.1 Å². The van der Waals surface area contributed by atoms with Gasteiger partial charge in [-0.2, -0.15) is 18.3 Å². The molecule has 8 heteroatoms. The van der Waals surface area contributed by atoms with Gasteiger partial charge in [0.1, 0.15) is 0 Å². The quantitative estimate of drug-likeness (QED) is 0.621. The number of hydrogen-bond acceptors (Lipinski definition) is 3. The van der Waals surface area contributed by atoms with Crippen molar-refractivity contribution in [3.8, 4) is 0 Å². The summed E-state index contributed by atoms with van der Waals surface area (Å²) in [6, 6.07) is 7.37. The molecule has 2 aromatic heterocycles. The van der Waals surface area contributed by atoms with Crippen LogP contribution < -0.4 is 5.32 Å². The second-order valence-electron chi connectivity index (χ2n) is 7.00. The Morgan fingerprint density at radius 1 is 1.27 bits per heavy atom. The number of carbonyl (C=O) groups is 1. The molecule has 0 aliphatic carbocycles. The van der Waals surface area contributed by atoms with E-state index >= 15 is 0 Å². The summed E-state index contributed by atoms with van der Waals surface area (Å²) in [5.41, 5.74) is 1.79. The van der Waals surface area contributed by atoms with Gasteiger partial charge in [0.2, 0.25) is 0 Å². The van der Waals surface area contributed by atoms with E-state index < -0.39 is 11.7 Å². The SMILES string of the molecule is C/C=C(/c1ccc2cc(C(=O)NC(C)c3cnn(CC)c3C)ccc2n1)C(F)(F)F.